The fraction of sp³-hybridized carbons (Fsp3) is 0.160. The fourth-order valence-electron chi connectivity index (χ4n) is 4.27. The lowest BCUT2D eigenvalue weighted by atomic mass is 9.69. The SMILES string of the molecule is O=C(O)/C=C/c1ccc(C2c3ccc(O)cc3CCC2c2ccc(F)cc2)cc1. The van der Waals surface area contributed by atoms with Crippen molar-refractivity contribution < 1.29 is 19.4 Å². The molecule has 0 aromatic heterocycles. The van der Waals surface area contributed by atoms with E-state index < -0.39 is 5.97 Å². The number of carboxylic acids is 1. The lowest BCUT2D eigenvalue weighted by molar-refractivity contribution is -0.131. The van der Waals surface area contributed by atoms with Gasteiger partial charge in [-0.1, -0.05) is 42.5 Å². The van der Waals surface area contributed by atoms with Crippen LogP contribution in [0.15, 0.2) is 72.8 Å². The molecule has 0 aliphatic heterocycles. The Hall–Kier alpha value is -3.40. The molecule has 1 aliphatic rings. The number of benzene rings is 3. The van der Waals surface area contributed by atoms with Crippen LogP contribution in [0.2, 0.25) is 0 Å². The largest absolute Gasteiger partial charge is 0.508 e. The van der Waals surface area contributed by atoms with Gasteiger partial charge in [-0.3, -0.25) is 0 Å². The molecule has 2 N–H and O–H groups in total. The molecule has 2 atom stereocenters. The van der Waals surface area contributed by atoms with Crippen molar-refractivity contribution in [3.8, 4) is 5.75 Å². The molecule has 3 aromatic rings. The van der Waals surface area contributed by atoms with Crippen molar-refractivity contribution in [1.82, 2.24) is 0 Å². The van der Waals surface area contributed by atoms with Gasteiger partial charge in [-0.05, 0) is 76.9 Å². The lowest BCUT2D eigenvalue weighted by Gasteiger charge is -2.35. The van der Waals surface area contributed by atoms with Crippen LogP contribution in [0.1, 0.15) is 46.1 Å². The average molecular weight is 388 g/mol. The highest BCUT2D eigenvalue weighted by Gasteiger charge is 2.32. The lowest BCUT2D eigenvalue weighted by Crippen LogP contribution is -2.20. The standard InChI is InChI=1S/C25H21FO3/c26-20-9-6-17(7-10-20)22-12-8-19-15-21(27)11-13-23(19)25(22)18-4-1-16(2-5-18)3-14-24(28)29/h1-7,9-11,13-15,22,25,27H,8,12H2,(H,28,29)/b14-3+. The molecular formula is C25H21FO3. The van der Waals surface area contributed by atoms with Gasteiger partial charge in [0.05, 0.1) is 0 Å². The molecule has 29 heavy (non-hydrogen) atoms. The number of phenols is 1. The van der Waals surface area contributed by atoms with Gasteiger partial charge in [0, 0.05) is 12.0 Å². The zero-order valence-electron chi connectivity index (χ0n) is 15.8. The first kappa shape index (κ1) is 18.9. The van der Waals surface area contributed by atoms with Crippen molar-refractivity contribution in [2.24, 2.45) is 0 Å². The van der Waals surface area contributed by atoms with Gasteiger partial charge in [-0.25, -0.2) is 9.18 Å². The Morgan fingerprint density at radius 3 is 2.34 bits per heavy atom. The maximum Gasteiger partial charge on any atom is 0.328 e. The Bertz CT molecular complexity index is 1050. The van der Waals surface area contributed by atoms with Crippen molar-refractivity contribution in [1.29, 1.82) is 0 Å². The molecule has 0 spiro atoms. The molecule has 0 radical (unpaired) electrons. The summed E-state index contributed by atoms with van der Waals surface area (Å²) in [5.41, 5.74) is 5.31. The van der Waals surface area contributed by atoms with Crippen LogP contribution >= 0.6 is 0 Å². The number of hydrogen-bond acceptors (Lipinski definition) is 2. The molecule has 2 unspecified atom stereocenters. The molecule has 0 heterocycles. The zero-order valence-corrected chi connectivity index (χ0v) is 15.8. The monoisotopic (exact) mass is 388 g/mol. The summed E-state index contributed by atoms with van der Waals surface area (Å²) in [7, 11) is 0. The van der Waals surface area contributed by atoms with E-state index in [9.17, 15) is 14.3 Å². The van der Waals surface area contributed by atoms with Crippen molar-refractivity contribution >= 4 is 12.0 Å². The number of halogens is 1. The molecular weight excluding hydrogens is 367 g/mol. The first-order chi connectivity index (χ1) is 14.0. The van der Waals surface area contributed by atoms with Crippen LogP contribution in [0.5, 0.6) is 5.75 Å². The van der Waals surface area contributed by atoms with Crippen LogP contribution in [0.4, 0.5) is 4.39 Å². The van der Waals surface area contributed by atoms with E-state index in [0.717, 1.165) is 46.7 Å². The van der Waals surface area contributed by atoms with E-state index in [1.54, 1.807) is 12.1 Å². The van der Waals surface area contributed by atoms with E-state index in [1.165, 1.54) is 12.1 Å². The summed E-state index contributed by atoms with van der Waals surface area (Å²) in [5.74, 6) is -0.709. The summed E-state index contributed by atoms with van der Waals surface area (Å²) in [6.07, 6.45) is 4.43. The Labute approximate surface area is 168 Å². The number of carbonyl (C=O) groups is 1. The number of rotatable bonds is 4. The van der Waals surface area contributed by atoms with E-state index in [-0.39, 0.29) is 23.4 Å². The Kier molecular flexibility index (Phi) is 5.17. The van der Waals surface area contributed by atoms with Gasteiger partial charge in [0.25, 0.3) is 0 Å². The summed E-state index contributed by atoms with van der Waals surface area (Å²) >= 11 is 0. The first-order valence-electron chi connectivity index (χ1n) is 9.59. The second kappa shape index (κ2) is 7.92. The minimum absolute atomic E-state index is 0.0716. The molecule has 0 amide bonds. The smallest absolute Gasteiger partial charge is 0.328 e. The molecule has 0 bridgehead atoms. The Morgan fingerprint density at radius 2 is 1.66 bits per heavy atom. The number of carboxylic acid groups (broad SMARTS) is 1. The van der Waals surface area contributed by atoms with Crippen LogP contribution in [0, 0.1) is 5.82 Å². The number of hydrogen-bond donors (Lipinski definition) is 2. The van der Waals surface area contributed by atoms with E-state index in [0.29, 0.717) is 0 Å². The summed E-state index contributed by atoms with van der Waals surface area (Å²) in [4.78, 5) is 10.7. The Morgan fingerprint density at radius 1 is 0.966 bits per heavy atom. The summed E-state index contributed by atoms with van der Waals surface area (Å²) < 4.78 is 13.5. The van der Waals surface area contributed by atoms with E-state index in [2.05, 4.69) is 0 Å². The van der Waals surface area contributed by atoms with Gasteiger partial charge in [0.1, 0.15) is 11.6 Å². The maximum atomic E-state index is 13.5. The topological polar surface area (TPSA) is 57.5 Å². The fourth-order valence-corrected chi connectivity index (χ4v) is 4.27. The highest BCUT2D eigenvalue weighted by molar-refractivity contribution is 5.85. The van der Waals surface area contributed by atoms with Crippen molar-refractivity contribution in [3.63, 3.8) is 0 Å². The summed E-state index contributed by atoms with van der Waals surface area (Å²) in [5, 5.41) is 18.7. The molecule has 4 rings (SSSR count). The van der Waals surface area contributed by atoms with Gasteiger partial charge in [0.15, 0.2) is 0 Å². The van der Waals surface area contributed by atoms with Crippen LogP contribution in [-0.2, 0) is 11.2 Å². The van der Waals surface area contributed by atoms with E-state index in [1.807, 2.05) is 48.5 Å². The highest BCUT2D eigenvalue weighted by atomic mass is 19.1. The van der Waals surface area contributed by atoms with Gasteiger partial charge in [0.2, 0.25) is 0 Å². The Balaban J connectivity index is 1.76. The third-order valence-electron chi connectivity index (χ3n) is 5.60. The van der Waals surface area contributed by atoms with Crippen molar-refractivity contribution in [3.05, 3.63) is 106 Å². The van der Waals surface area contributed by atoms with Crippen molar-refractivity contribution in [2.75, 3.05) is 0 Å². The normalized spacial score (nSPS) is 18.5. The molecule has 4 heteroatoms. The highest BCUT2D eigenvalue weighted by Crippen LogP contribution is 2.46. The van der Waals surface area contributed by atoms with Gasteiger partial charge in [-0.15, -0.1) is 0 Å². The van der Waals surface area contributed by atoms with Gasteiger partial charge in [-0.2, -0.15) is 0 Å². The molecule has 0 fully saturated rings. The predicted molar refractivity (Wildman–Crippen MR) is 111 cm³/mol. The second-order valence-electron chi connectivity index (χ2n) is 7.40. The van der Waals surface area contributed by atoms with Gasteiger partial charge < -0.3 is 10.2 Å². The molecule has 3 nitrogen and oxygen atoms in total. The summed E-state index contributed by atoms with van der Waals surface area (Å²) in [6, 6.07) is 20.1. The first-order valence-corrected chi connectivity index (χ1v) is 9.59. The quantitative estimate of drug-likeness (QED) is 0.581. The average Bonchev–Trinajstić information content (AvgIpc) is 2.72. The molecule has 0 saturated heterocycles. The number of phenolic OH excluding ortho intramolecular Hbond substituents is 1. The number of fused-ring (bicyclic) bond motifs is 1. The predicted octanol–water partition coefficient (Wildman–Crippen LogP) is 5.49. The minimum atomic E-state index is -0.980. The molecule has 0 saturated carbocycles. The summed E-state index contributed by atoms with van der Waals surface area (Å²) in [6.45, 7) is 0. The van der Waals surface area contributed by atoms with Crippen LogP contribution in [0.25, 0.3) is 6.08 Å². The third-order valence-corrected chi connectivity index (χ3v) is 5.60. The third kappa shape index (κ3) is 4.06. The zero-order chi connectivity index (χ0) is 20.4. The van der Waals surface area contributed by atoms with Crippen LogP contribution in [-0.4, -0.2) is 16.2 Å². The minimum Gasteiger partial charge on any atom is -0.508 e. The maximum absolute atomic E-state index is 13.5. The van der Waals surface area contributed by atoms with Crippen molar-refractivity contribution in [2.45, 2.75) is 24.7 Å². The van der Waals surface area contributed by atoms with E-state index in [4.69, 9.17) is 5.11 Å². The number of aryl methyl sites for hydroxylation is 1. The van der Waals surface area contributed by atoms with Crippen LogP contribution in [0.3, 0.4) is 0 Å². The second-order valence-corrected chi connectivity index (χ2v) is 7.40. The number of aromatic hydroxyl groups is 1. The number of aliphatic carboxylic acids is 1. The molecule has 146 valence electrons. The van der Waals surface area contributed by atoms with E-state index >= 15 is 0 Å². The van der Waals surface area contributed by atoms with Crippen LogP contribution < -0.4 is 0 Å². The molecule has 1 aliphatic carbocycles. The molecule has 3 aromatic carbocycles. The van der Waals surface area contributed by atoms with Gasteiger partial charge >= 0.3 is 5.97 Å².